The van der Waals surface area contributed by atoms with Crippen molar-refractivity contribution in [2.24, 2.45) is 5.92 Å². The Kier molecular flexibility index (Phi) is 4.98. The lowest BCUT2D eigenvalue weighted by molar-refractivity contribution is 0.168. The molecule has 1 saturated heterocycles. The molecule has 0 aromatic heterocycles. The minimum Gasteiger partial charge on any atom is -0.307 e. The van der Waals surface area contributed by atoms with Crippen LogP contribution in [0.15, 0.2) is 22.7 Å². The maximum atomic E-state index is 13.3. The van der Waals surface area contributed by atoms with Crippen LogP contribution in [0.3, 0.4) is 0 Å². The van der Waals surface area contributed by atoms with Gasteiger partial charge in [-0.2, -0.15) is 0 Å². The standard InChI is InChI=1S/C15H22BrFN2/c1-10-9-19(3)7-6-15(10)18-11(2)12-4-5-14(17)13(16)8-12/h4-5,8,10-11,15,18H,6-7,9H2,1-3H3. The van der Waals surface area contributed by atoms with Crippen LogP contribution >= 0.6 is 15.9 Å². The van der Waals surface area contributed by atoms with Gasteiger partial charge in [-0.25, -0.2) is 4.39 Å². The van der Waals surface area contributed by atoms with E-state index in [4.69, 9.17) is 0 Å². The van der Waals surface area contributed by atoms with Gasteiger partial charge in [0.2, 0.25) is 0 Å². The van der Waals surface area contributed by atoms with Crippen molar-refractivity contribution < 1.29 is 4.39 Å². The first-order valence-corrected chi connectivity index (χ1v) is 7.66. The molecule has 0 amide bonds. The van der Waals surface area contributed by atoms with Crippen molar-refractivity contribution in [3.05, 3.63) is 34.1 Å². The van der Waals surface area contributed by atoms with E-state index in [-0.39, 0.29) is 11.9 Å². The van der Waals surface area contributed by atoms with Crippen molar-refractivity contribution in [2.75, 3.05) is 20.1 Å². The molecule has 1 fully saturated rings. The molecule has 19 heavy (non-hydrogen) atoms. The molecule has 1 aromatic carbocycles. The number of nitrogens with zero attached hydrogens (tertiary/aromatic N) is 1. The van der Waals surface area contributed by atoms with Gasteiger partial charge in [-0.15, -0.1) is 0 Å². The Labute approximate surface area is 123 Å². The van der Waals surface area contributed by atoms with Crippen molar-refractivity contribution in [1.82, 2.24) is 10.2 Å². The van der Waals surface area contributed by atoms with Crippen LogP contribution in [0.1, 0.15) is 31.9 Å². The van der Waals surface area contributed by atoms with Gasteiger partial charge in [0, 0.05) is 18.6 Å². The fourth-order valence-corrected chi connectivity index (χ4v) is 3.20. The fraction of sp³-hybridized carbons (Fsp3) is 0.600. The van der Waals surface area contributed by atoms with Crippen molar-refractivity contribution in [1.29, 1.82) is 0 Å². The van der Waals surface area contributed by atoms with Gasteiger partial charge >= 0.3 is 0 Å². The van der Waals surface area contributed by atoms with Crippen LogP contribution in [0, 0.1) is 11.7 Å². The van der Waals surface area contributed by atoms with Gasteiger partial charge in [-0.05, 0) is 66.5 Å². The van der Waals surface area contributed by atoms with E-state index in [1.807, 2.05) is 12.1 Å². The molecule has 0 bridgehead atoms. The van der Waals surface area contributed by atoms with Gasteiger partial charge in [-0.3, -0.25) is 0 Å². The molecule has 2 rings (SSSR count). The van der Waals surface area contributed by atoms with E-state index in [1.54, 1.807) is 0 Å². The molecule has 0 radical (unpaired) electrons. The summed E-state index contributed by atoms with van der Waals surface area (Å²) >= 11 is 3.25. The summed E-state index contributed by atoms with van der Waals surface area (Å²) in [6.45, 7) is 6.71. The molecule has 4 heteroatoms. The first kappa shape index (κ1) is 14.9. The molecule has 106 valence electrons. The van der Waals surface area contributed by atoms with Crippen LogP contribution in [0.4, 0.5) is 4.39 Å². The summed E-state index contributed by atoms with van der Waals surface area (Å²) in [6, 6.07) is 6.03. The number of piperidine rings is 1. The lowest BCUT2D eigenvalue weighted by Gasteiger charge is -2.37. The van der Waals surface area contributed by atoms with Crippen molar-refractivity contribution >= 4 is 15.9 Å². The van der Waals surface area contributed by atoms with Crippen molar-refractivity contribution in [2.45, 2.75) is 32.4 Å². The van der Waals surface area contributed by atoms with E-state index >= 15 is 0 Å². The summed E-state index contributed by atoms with van der Waals surface area (Å²) in [5.41, 5.74) is 1.12. The van der Waals surface area contributed by atoms with Gasteiger partial charge in [0.15, 0.2) is 0 Å². The molecule has 0 saturated carbocycles. The van der Waals surface area contributed by atoms with Crippen LogP contribution in [-0.2, 0) is 0 Å². The van der Waals surface area contributed by atoms with E-state index in [0.717, 1.165) is 18.7 Å². The number of hydrogen-bond acceptors (Lipinski definition) is 2. The largest absolute Gasteiger partial charge is 0.307 e. The molecular formula is C15H22BrFN2. The Morgan fingerprint density at radius 2 is 2.21 bits per heavy atom. The van der Waals surface area contributed by atoms with Crippen LogP contribution < -0.4 is 5.32 Å². The first-order chi connectivity index (χ1) is 8.97. The Bertz CT molecular complexity index is 438. The van der Waals surface area contributed by atoms with E-state index in [1.165, 1.54) is 12.5 Å². The molecule has 3 unspecified atom stereocenters. The van der Waals surface area contributed by atoms with E-state index in [0.29, 0.717) is 16.4 Å². The molecule has 3 atom stereocenters. The number of rotatable bonds is 3. The third-order valence-corrected chi connectivity index (χ3v) is 4.62. The predicted molar refractivity (Wildman–Crippen MR) is 80.7 cm³/mol. The zero-order chi connectivity index (χ0) is 14.0. The minimum atomic E-state index is -0.205. The van der Waals surface area contributed by atoms with E-state index in [2.05, 4.69) is 47.0 Å². The van der Waals surface area contributed by atoms with E-state index < -0.39 is 0 Å². The Balaban J connectivity index is 2.00. The SMILES string of the molecule is CC(NC1CCN(C)CC1C)c1ccc(F)c(Br)c1. The Morgan fingerprint density at radius 3 is 2.84 bits per heavy atom. The highest BCUT2D eigenvalue weighted by molar-refractivity contribution is 9.10. The molecule has 1 heterocycles. The smallest absolute Gasteiger partial charge is 0.137 e. The summed E-state index contributed by atoms with van der Waals surface area (Å²) in [6.07, 6.45) is 1.17. The lowest BCUT2D eigenvalue weighted by atomic mass is 9.93. The van der Waals surface area contributed by atoms with Crippen LogP contribution in [0.25, 0.3) is 0 Å². The second-order valence-corrected chi connectivity index (χ2v) is 6.55. The highest BCUT2D eigenvalue weighted by Crippen LogP contribution is 2.24. The second-order valence-electron chi connectivity index (χ2n) is 5.70. The van der Waals surface area contributed by atoms with Crippen LogP contribution in [0.5, 0.6) is 0 Å². The molecule has 1 aliphatic heterocycles. The average molecular weight is 329 g/mol. The minimum absolute atomic E-state index is 0.205. The van der Waals surface area contributed by atoms with Crippen LogP contribution in [-0.4, -0.2) is 31.1 Å². The van der Waals surface area contributed by atoms with E-state index in [9.17, 15) is 4.39 Å². The molecular weight excluding hydrogens is 307 g/mol. The highest BCUT2D eigenvalue weighted by atomic mass is 79.9. The summed E-state index contributed by atoms with van der Waals surface area (Å²) < 4.78 is 13.8. The number of halogens is 2. The van der Waals surface area contributed by atoms with Gasteiger partial charge in [0.1, 0.15) is 5.82 Å². The third-order valence-electron chi connectivity index (χ3n) is 4.02. The highest BCUT2D eigenvalue weighted by Gasteiger charge is 2.25. The maximum Gasteiger partial charge on any atom is 0.137 e. The number of nitrogens with one attached hydrogen (secondary N) is 1. The summed E-state index contributed by atoms with van der Waals surface area (Å²) in [5.74, 6) is 0.439. The molecule has 0 spiro atoms. The topological polar surface area (TPSA) is 15.3 Å². The van der Waals surface area contributed by atoms with Gasteiger partial charge in [-0.1, -0.05) is 13.0 Å². The number of hydrogen-bond donors (Lipinski definition) is 1. The Morgan fingerprint density at radius 1 is 1.47 bits per heavy atom. The molecule has 1 N–H and O–H groups in total. The summed E-state index contributed by atoms with van der Waals surface area (Å²) in [5, 5.41) is 3.68. The molecule has 1 aliphatic rings. The second kappa shape index (κ2) is 6.33. The third kappa shape index (κ3) is 3.77. The van der Waals surface area contributed by atoms with Gasteiger partial charge in [0.25, 0.3) is 0 Å². The zero-order valence-electron chi connectivity index (χ0n) is 11.8. The fourth-order valence-electron chi connectivity index (χ4n) is 2.80. The van der Waals surface area contributed by atoms with Crippen molar-refractivity contribution in [3.8, 4) is 0 Å². The van der Waals surface area contributed by atoms with Gasteiger partial charge < -0.3 is 10.2 Å². The van der Waals surface area contributed by atoms with Crippen LogP contribution in [0.2, 0.25) is 0 Å². The van der Waals surface area contributed by atoms with Crippen molar-refractivity contribution in [3.63, 3.8) is 0 Å². The summed E-state index contributed by atoms with van der Waals surface area (Å²) in [4.78, 5) is 2.38. The zero-order valence-corrected chi connectivity index (χ0v) is 13.4. The normalized spacial score (nSPS) is 26.4. The molecule has 0 aliphatic carbocycles. The predicted octanol–water partition coefficient (Wildman–Crippen LogP) is 3.58. The summed E-state index contributed by atoms with van der Waals surface area (Å²) in [7, 11) is 2.17. The monoisotopic (exact) mass is 328 g/mol. The van der Waals surface area contributed by atoms with Gasteiger partial charge in [0.05, 0.1) is 4.47 Å². The lowest BCUT2D eigenvalue weighted by Crippen LogP contribution is -2.47. The maximum absolute atomic E-state index is 13.3. The molecule has 1 aromatic rings. The Hall–Kier alpha value is -0.450. The molecule has 2 nitrogen and oxygen atoms in total. The first-order valence-electron chi connectivity index (χ1n) is 6.87. The average Bonchev–Trinajstić information content (AvgIpc) is 2.36. The quantitative estimate of drug-likeness (QED) is 0.912. The number of benzene rings is 1. The number of likely N-dealkylation sites (tertiary alicyclic amines) is 1.